The molecular formula is C20H18FN5O. The number of anilines is 1. The van der Waals surface area contributed by atoms with Crippen LogP contribution < -0.4 is 10.9 Å². The fraction of sp³-hybridized carbons (Fsp3) is 0.150. The first-order valence-corrected chi connectivity index (χ1v) is 8.45. The van der Waals surface area contributed by atoms with Crippen LogP contribution in [0, 0.1) is 5.82 Å². The number of rotatable bonds is 4. The van der Waals surface area contributed by atoms with Crippen LogP contribution in [0.2, 0.25) is 0 Å². The minimum Gasteiger partial charge on any atom is -0.376 e. The Morgan fingerprint density at radius 1 is 1.37 bits per heavy atom. The van der Waals surface area contributed by atoms with Crippen molar-refractivity contribution >= 4 is 16.5 Å². The van der Waals surface area contributed by atoms with Gasteiger partial charge in [0.25, 0.3) is 5.56 Å². The first-order valence-electron chi connectivity index (χ1n) is 8.45. The molecule has 0 saturated heterocycles. The highest BCUT2D eigenvalue weighted by molar-refractivity contribution is 5.97. The second-order valence-electron chi connectivity index (χ2n) is 6.42. The normalized spacial score (nSPS) is 19.0. The molecule has 6 nitrogen and oxygen atoms in total. The van der Waals surface area contributed by atoms with Crippen molar-refractivity contribution in [2.24, 2.45) is 7.05 Å². The third-order valence-corrected chi connectivity index (χ3v) is 4.86. The Bertz CT molecular complexity index is 1160. The Kier molecular flexibility index (Phi) is 3.99. The van der Waals surface area contributed by atoms with E-state index in [1.54, 1.807) is 18.3 Å². The maximum absolute atomic E-state index is 14.1. The minimum absolute atomic E-state index is 0.257. The number of allylic oxidation sites excluding steroid dienone is 2. The van der Waals surface area contributed by atoms with Gasteiger partial charge in [0, 0.05) is 30.5 Å². The number of halogens is 1. The molecule has 2 unspecified atom stereocenters. The Morgan fingerprint density at radius 2 is 2.19 bits per heavy atom. The van der Waals surface area contributed by atoms with Crippen LogP contribution in [0.1, 0.15) is 17.4 Å². The van der Waals surface area contributed by atoms with Crippen molar-refractivity contribution < 1.29 is 4.39 Å². The maximum Gasteiger partial charge on any atom is 0.272 e. The second-order valence-corrected chi connectivity index (χ2v) is 6.42. The van der Waals surface area contributed by atoms with Gasteiger partial charge in [0.05, 0.1) is 23.0 Å². The quantitative estimate of drug-likeness (QED) is 0.699. The highest BCUT2D eigenvalue weighted by atomic mass is 19.1. The van der Waals surface area contributed by atoms with E-state index in [4.69, 9.17) is 0 Å². The third-order valence-electron chi connectivity index (χ3n) is 4.86. The smallest absolute Gasteiger partial charge is 0.272 e. The van der Waals surface area contributed by atoms with Gasteiger partial charge in [0.15, 0.2) is 0 Å². The zero-order chi connectivity index (χ0) is 19.1. The van der Waals surface area contributed by atoms with Crippen molar-refractivity contribution in [1.29, 1.82) is 0 Å². The predicted molar refractivity (Wildman–Crippen MR) is 103 cm³/mol. The lowest BCUT2D eigenvalue weighted by Crippen LogP contribution is -2.36. The molecule has 2 atom stereocenters. The van der Waals surface area contributed by atoms with Gasteiger partial charge in [0.2, 0.25) is 0 Å². The summed E-state index contributed by atoms with van der Waals surface area (Å²) in [7, 11) is 1.90. The zero-order valence-corrected chi connectivity index (χ0v) is 14.7. The number of aromatic nitrogens is 4. The average molecular weight is 363 g/mol. The third kappa shape index (κ3) is 2.59. The first-order chi connectivity index (χ1) is 13.0. The zero-order valence-electron chi connectivity index (χ0n) is 14.7. The lowest BCUT2D eigenvalue weighted by atomic mass is 9.83. The summed E-state index contributed by atoms with van der Waals surface area (Å²) in [5.41, 5.74) is 1.58. The van der Waals surface area contributed by atoms with E-state index < -0.39 is 11.4 Å². The minimum atomic E-state index is -0.491. The van der Waals surface area contributed by atoms with E-state index in [0.29, 0.717) is 16.8 Å². The molecule has 1 aliphatic rings. The molecule has 0 radical (unpaired) electrons. The van der Waals surface area contributed by atoms with E-state index in [9.17, 15) is 9.18 Å². The Balaban J connectivity index is 2.07. The van der Waals surface area contributed by atoms with Gasteiger partial charge in [-0.15, -0.1) is 0 Å². The molecule has 0 saturated carbocycles. The van der Waals surface area contributed by atoms with E-state index in [1.165, 1.54) is 12.1 Å². The first kappa shape index (κ1) is 17.0. The number of hydrogen-bond donors (Lipinski definition) is 2. The SMILES string of the molecule is C=CC=C(C=C)C1Nc2cc(F)cc3c(=O)[nH]nc(c23)C1c1nccn1C. The van der Waals surface area contributed by atoms with Crippen LogP contribution in [0.15, 0.2) is 66.3 Å². The molecule has 0 aliphatic carbocycles. The van der Waals surface area contributed by atoms with Crippen LogP contribution in [0.4, 0.5) is 10.1 Å². The van der Waals surface area contributed by atoms with Crippen molar-refractivity contribution in [2.75, 3.05) is 5.32 Å². The lowest BCUT2D eigenvalue weighted by Gasteiger charge is -2.34. The van der Waals surface area contributed by atoms with Crippen LogP contribution in [0.3, 0.4) is 0 Å². The second kappa shape index (κ2) is 6.35. The molecule has 2 aromatic heterocycles. The van der Waals surface area contributed by atoms with Gasteiger partial charge in [-0.3, -0.25) is 4.79 Å². The van der Waals surface area contributed by atoms with Gasteiger partial charge in [-0.1, -0.05) is 31.4 Å². The maximum atomic E-state index is 14.1. The van der Waals surface area contributed by atoms with Gasteiger partial charge in [0.1, 0.15) is 11.6 Å². The topological polar surface area (TPSA) is 75.6 Å². The van der Waals surface area contributed by atoms with Crippen LogP contribution in [0.25, 0.3) is 10.8 Å². The average Bonchev–Trinajstić information content (AvgIpc) is 3.07. The Labute approximate surface area is 154 Å². The van der Waals surface area contributed by atoms with Crippen molar-refractivity contribution in [2.45, 2.75) is 12.0 Å². The molecule has 1 aliphatic heterocycles. The van der Waals surface area contributed by atoms with Gasteiger partial charge >= 0.3 is 0 Å². The molecule has 3 heterocycles. The predicted octanol–water partition coefficient (Wildman–Crippen LogP) is 3.02. The largest absolute Gasteiger partial charge is 0.376 e. The Morgan fingerprint density at radius 3 is 2.85 bits per heavy atom. The van der Waals surface area contributed by atoms with Crippen molar-refractivity contribution in [3.05, 3.63) is 89.2 Å². The van der Waals surface area contributed by atoms with Crippen molar-refractivity contribution in [3.63, 3.8) is 0 Å². The number of imidazole rings is 1. The molecule has 0 spiro atoms. The highest BCUT2D eigenvalue weighted by Gasteiger charge is 2.37. The number of H-pyrrole nitrogens is 1. The Hall–Kier alpha value is -3.48. The molecule has 1 aromatic carbocycles. The van der Waals surface area contributed by atoms with Crippen LogP contribution in [0.5, 0.6) is 0 Å². The molecule has 0 bridgehead atoms. The van der Waals surface area contributed by atoms with E-state index in [-0.39, 0.29) is 17.3 Å². The summed E-state index contributed by atoms with van der Waals surface area (Å²) in [6.45, 7) is 7.66. The van der Waals surface area contributed by atoms with Gasteiger partial charge in [-0.05, 0) is 17.7 Å². The molecule has 2 N–H and O–H groups in total. The summed E-state index contributed by atoms with van der Waals surface area (Å²) in [6, 6.07) is 2.30. The summed E-state index contributed by atoms with van der Waals surface area (Å²) in [4.78, 5) is 16.7. The standard InChI is InChI=1S/C20H18FN5O/c1-4-6-11(5-2)17-16(19-22-7-8-26(19)3)18-15-13(20(27)25-24-18)9-12(21)10-14(15)23-17/h4-10,16-17,23H,1-2H2,3H3,(H,25,27). The summed E-state index contributed by atoms with van der Waals surface area (Å²) < 4.78 is 16.0. The number of benzene rings is 1. The van der Waals surface area contributed by atoms with E-state index in [1.807, 2.05) is 23.9 Å². The number of aryl methyl sites for hydroxylation is 1. The summed E-state index contributed by atoms with van der Waals surface area (Å²) in [6.07, 6.45) is 8.79. The van der Waals surface area contributed by atoms with Crippen LogP contribution >= 0.6 is 0 Å². The summed E-state index contributed by atoms with van der Waals surface area (Å²) in [5.74, 6) is -0.0404. The molecule has 0 amide bonds. The van der Waals surface area contributed by atoms with Crippen molar-refractivity contribution in [3.8, 4) is 0 Å². The number of aromatic amines is 1. The molecule has 27 heavy (non-hydrogen) atoms. The van der Waals surface area contributed by atoms with E-state index in [2.05, 4.69) is 33.7 Å². The molecule has 4 rings (SSSR count). The molecular weight excluding hydrogens is 345 g/mol. The van der Waals surface area contributed by atoms with Gasteiger partial charge < -0.3 is 9.88 Å². The summed E-state index contributed by atoms with van der Waals surface area (Å²) in [5, 5.41) is 11.1. The molecule has 7 heteroatoms. The van der Waals surface area contributed by atoms with Crippen molar-refractivity contribution in [1.82, 2.24) is 19.7 Å². The molecule has 136 valence electrons. The summed E-state index contributed by atoms with van der Waals surface area (Å²) >= 11 is 0. The van der Waals surface area contributed by atoms with Gasteiger partial charge in [-0.2, -0.15) is 5.10 Å². The number of nitrogens with one attached hydrogen (secondary N) is 2. The molecule has 3 aromatic rings. The van der Waals surface area contributed by atoms with Gasteiger partial charge in [-0.25, -0.2) is 14.5 Å². The molecule has 0 fully saturated rings. The highest BCUT2D eigenvalue weighted by Crippen LogP contribution is 2.41. The van der Waals surface area contributed by atoms with Crippen LogP contribution in [-0.2, 0) is 7.05 Å². The lowest BCUT2D eigenvalue weighted by molar-refractivity contribution is 0.608. The monoisotopic (exact) mass is 363 g/mol. The van der Waals surface area contributed by atoms with E-state index in [0.717, 1.165) is 11.4 Å². The fourth-order valence-corrected chi connectivity index (χ4v) is 3.70. The number of hydrogen-bond acceptors (Lipinski definition) is 4. The van der Waals surface area contributed by atoms with Crippen LogP contribution in [-0.4, -0.2) is 25.8 Å². The fourth-order valence-electron chi connectivity index (χ4n) is 3.70. The van der Waals surface area contributed by atoms with E-state index >= 15 is 0 Å². The number of nitrogens with zero attached hydrogens (tertiary/aromatic N) is 3.